The van der Waals surface area contributed by atoms with Crippen LogP contribution in [0.1, 0.15) is 54.4 Å². The lowest BCUT2D eigenvalue weighted by molar-refractivity contribution is 0.175. The van der Waals surface area contributed by atoms with Gasteiger partial charge in [-0.15, -0.1) is 0 Å². The summed E-state index contributed by atoms with van der Waals surface area (Å²) in [6, 6.07) is 1.31. The Hall–Kier alpha value is -0.0800. The Balaban J connectivity index is 4.12. The van der Waals surface area contributed by atoms with Crippen LogP contribution in [0.25, 0.3) is 0 Å². The summed E-state index contributed by atoms with van der Waals surface area (Å²) in [6.45, 7) is 17.3. The van der Waals surface area contributed by atoms with Crippen molar-refractivity contribution < 1.29 is 0 Å². The molecule has 0 saturated carbocycles. The highest BCUT2D eigenvalue weighted by Gasteiger charge is 2.15. The van der Waals surface area contributed by atoms with E-state index in [0.29, 0.717) is 12.1 Å². The summed E-state index contributed by atoms with van der Waals surface area (Å²) in [4.78, 5) is 2.60. The highest BCUT2D eigenvalue weighted by atomic mass is 15.2. The number of nitrogens with one attached hydrogen (secondary N) is 1. The molecule has 0 rings (SSSR count). The quantitative estimate of drug-likeness (QED) is 0.652. The van der Waals surface area contributed by atoms with Gasteiger partial charge in [0.15, 0.2) is 0 Å². The zero-order valence-corrected chi connectivity index (χ0v) is 12.2. The van der Waals surface area contributed by atoms with Gasteiger partial charge < -0.3 is 5.32 Å². The molecule has 0 aromatic rings. The minimum absolute atomic E-state index is 0.653. The molecule has 0 spiro atoms. The van der Waals surface area contributed by atoms with E-state index in [1.165, 1.54) is 25.9 Å². The molecule has 0 amide bonds. The first-order valence-corrected chi connectivity index (χ1v) is 6.98. The van der Waals surface area contributed by atoms with Crippen molar-refractivity contribution in [3.8, 4) is 0 Å². The lowest BCUT2D eigenvalue weighted by atomic mass is 10.1. The van der Waals surface area contributed by atoms with Crippen LogP contribution in [-0.2, 0) is 0 Å². The summed E-state index contributed by atoms with van der Waals surface area (Å²) >= 11 is 0. The van der Waals surface area contributed by atoms with Gasteiger partial charge in [0.1, 0.15) is 0 Å². The summed E-state index contributed by atoms with van der Waals surface area (Å²) in [6.07, 6.45) is 2.45. The van der Waals surface area contributed by atoms with Crippen LogP contribution < -0.4 is 5.32 Å². The van der Waals surface area contributed by atoms with Gasteiger partial charge in [-0.25, -0.2) is 0 Å². The van der Waals surface area contributed by atoms with Gasteiger partial charge >= 0.3 is 0 Å². The maximum atomic E-state index is 3.64. The van der Waals surface area contributed by atoms with E-state index in [9.17, 15) is 0 Å². The highest BCUT2D eigenvalue weighted by Crippen LogP contribution is 2.06. The van der Waals surface area contributed by atoms with E-state index in [2.05, 4.69) is 51.8 Å². The topological polar surface area (TPSA) is 15.3 Å². The van der Waals surface area contributed by atoms with Crippen LogP contribution in [-0.4, -0.2) is 36.6 Å². The van der Waals surface area contributed by atoms with Crippen molar-refractivity contribution in [3.63, 3.8) is 0 Å². The minimum atomic E-state index is 0.653. The number of nitrogens with zero attached hydrogens (tertiary/aromatic N) is 1. The molecule has 2 heteroatoms. The van der Waals surface area contributed by atoms with E-state index in [1.807, 2.05) is 0 Å². The predicted molar refractivity (Wildman–Crippen MR) is 73.9 cm³/mol. The van der Waals surface area contributed by atoms with Crippen LogP contribution in [0.15, 0.2) is 0 Å². The van der Waals surface area contributed by atoms with Crippen molar-refractivity contribution in [2.75, 3.05) is 19.6 Å². The van der Waals surface area contributed by atoms with Crippen molar-refractivity contribution in [3.05, 3.63) is 0 Å². The SMILES string of the molecule is CCCNC(CC)CN(CC(C)C)C(C)C. The van der Waals surface area contributed by atoms with E-state index in [1.54, 1.807) is 0 Å². The zero-order valence-electron chi connectivity index (χ0n) is 12.2. The molecular weight excluding hydrogens is 196 g/mol. The Morgan fingerprint density at radius 1 is 1.00 bits per heavy atom. The van der Waals surface area contributed by atoms with Crippen LogP contribution >= 0.6 is 0 Å². The summed E-state index contributed by atoms with van der Waals surface area (Å²) < 4.78 is 0. The monoisotopic (exact) mass is 228 g/mol. The molecule has 0 bridgehead atoms. The molecule has 1 N–H and O–H groups in total. The maximum absolute atomic E-state index is 3.64. The highest BCUT2D eigenvalue weighted by molar-refractivity contribution is 4.74. The van der Waals surface area contributed by atoms with Gasteiger partial charge in [0.2, 0.25) is 0 Å². The van der Waals surface area contributed by atoms with Crippen molar-refractivity contribution in [2.45, 2.75) is 66.5 Å². The molecule has 0 fully saturated rings. The second-order valence-electron chi connectivity index (χ2n) is 5.50. The van der Waals surface area contributed by atoms with Crippen LogP contribution in [0.5, 0.6) is 0 Å². The van der Waals surface area contributed by atoms with Crippen molar-refractivity contribution in [1.29, 1.82) is 0 Å². The third kappa shape index (κ3) is 7.24. The molecule has 0 aromatic heterocycles. The third-order valence-corrected chi connectivity index (χ3v) is 2.96. The number of hydrogen-bond donors (Lipinski definition) is 1. The fourth-order valence-electron chi connectivity index (χ4n) is 1.93. The van der Waals surface area contributed by atoms with Gasteiger partial charge in [-0.1, -0.05) is 27.7 Å². The Morgan fingerprint density at radius 3 is 2.00 bits per heavy atom. The van der Waals surface area contributed by atoms with Gasteiger partial charge in [-0.3, -0.25) is 4.90 Å². The minimum Gasteiger partial charge on any atom is -0.313 e. The smallest absolute Gasteiger partial charge is 0.0192 e. The Bertz CT molecular complexity index is 155. The molecule has 0 saturated heterocycles. The molecule has 0 aromatic carbocycles. The second-order valence-corrected chi connectivity index (χ2v) is 5.50. The first-order valence-electron chi connectivity index (χ1n) is 6.98. The summed E-state index contributed by atoms with van der Waals surface area (Å²) in [5, 5.41) is 3.64. The predicted octanol–water partition coefficient (Wildman–Crippen LogP) is 3.13. The molecular formula is C14H32N2. The van der Waals surface area contributed by atoms with Crippen molar-refractivity contribution in [1.82, 2.24) is 10.2 Å². The number of rotatable bonds is 9. The number of hydrogen-bond acceptors (Lipinski definition) is 2. The molecule has 0 radical (unpaired) electrons. The van der Waals surface area contributed by atoms with Gasteiger partial charge in [-0.2, -0.15) is 0 Å². The largest absolute Gasteiger partial charge is 0.313 e. The van der Waals surface area contributed by atoms with E-state index in [0.717, 1.165) is 12.5 Å². The Morgan fingerprint density at radius 2 is 1.62 bits per heavy atom. The lowest BCUT2D eigenvalue weighted by Gasteiger charge is -2.32. The molecule has 0 aliphatic rings. The van der Waals surface area contributed by atoms with Gasteiger partial charge in [0.25, 0.3) is 0 Å². The first-order chi connectivity index (χ1) is 7.51. The third-order valence-electron chi connectivity index (χ3n) is 2.96. The fourth-order valence-corrected chi connectivity index (χ4v) is 1.93. The molecule has 98 valence electrons. The van der Waals surface area contributed by atoms with Crippen LogP contribution in [0.4, 0.5) is 0 Å². The van der Waals surface area contributed by atoms with Crippen LogP contribution in [0.2, 0.25) is 0 Å². The van der Waals surface area contributed by atoms with Crippen LogP contribution in [0, 0.1) is 5.92 Å². The lowest BCUT2D eigenvalue weighted by Crippen LogP contribution is -2.45. The van der Waals surface area contributed by atoms with Crippen LogP contribution in [0.3, 0.4) is 0 Å². The molecule has 2 nitrogen and oxygen atoms in total. The summed E-state index contributed by atoms with van der Waals surface area (Å²) in [5.41, 5.74) is 0. The first kappa shape index (κ1) is 15.9. The molecule has 16 heavy (non-hydrogen) atoms. The molecule has 1 unspecified atom stereocenters. The Labute approximate surface area is 103 Å². The Kier molecular flexibility index (Phi) is 8.96. The van der Waals surface area contributed by atoms with Crippen molar-refractivity contribution >= 4 is 0 Å². The average molecular weight is 228 g/mol. The van der Waals surface area contributed by atoms with E-state index in [4.69, 9.17) is 0 Å². The molecule has 0 aliphatic carbocycles. The summed E-state index contributed by atoms with van der Waals surface area (Å²) in [5.74, 6) is 0.756. The molecule has 0 aliphatic heterocycles. The van der Waals surface area contributed by atoms with Gasteiger partial charge in [0, 0.05) is 25.2 Å². The van der Waals surface area contributed by atoms with Gasteiger partial charge in [-0.05, 0) is 39.2 Å². The second kappa shape index (κ2) is 9.00. The van der Waals surface area contributed by atoms with E-state index in [-0.39, 0.29) is 0 Å². The normalized spacial score (nSPS) is 14.1. The van der Waals surface area contributed by atoms with E-state index >= 15 is 0 Å². The molecule has 0 heterocycles. The van der Waals surface area contributed by atoms with Gasteiger partial charge in [0.05, 0.1) is 0 Å². The maximum Gasteiger partial charge on any atom is 0.0192 e. The fraction of sp³-hybridized carbons (Fsp3) is 1.00. The average Bonchev–Trinajstić information content (AvgIpc) is 2.21. The standard InChI is InChI=1S/C14H32N2/c1-7-9-15-14(8-2)11-16(13(5)6)10-12(3)4/h12-15H,7-11H2,1-6H3. The zero-order chi connectivity index (χ0) is 12.6. The van der Waals surface area contributed by atoms with Crippen molar-refractivity contribution in [2.24, 2.45) is 5.92 Å². The summed E-state index contributed by atoms with van der Waals surface area (Å²) in [7, 11) is 0. The molecule has 1 atom stereocenters. The van der Waals surface area contributed by atoms with E-state index < -0.39 is 0 Å².